The van der Waals surface area contributed by atoms with E-state index in [1.165, 1.54) is 5.56 Å². The molecule has 0 radical (unpaired) electrons. The van der Waals surface area contributed by atoms with E-state index in [1.807, 2.05) is 18.2 Å². The molecular formula is C14H15N3O3. The van der Waals surface area contributed by atoms with Crippen molar-refractivity contribution in [1.29, 1.82) is 0 Å². The number of aromatic nitrogens is 2. The topological polar surface area (TPSA) is 91.2 Å². The van der Waals surface area contributed by atoms with Gasteiger partial charge in [0.25, 0.3) is 0 Å². The second kappa shape index (κ2) is 4.96. The lowest BCUT2D eigenvalue weighted by molar-refractivity contribution is 0.0958. The van der Waals surface area contributed by atoms with E-state index in [1.54, 1.807) is 7.11 Å². The number of benzene rings is 1. The van der Waals surface area contributed by atoms with Crippen LogP contribution in [-0.4, -0.2) is 23.2 Å². The predicted molar refractivity (Wildman–Crippen MR) is 70.6 cm³/mol. The van der Waals surface area contributed by atoms with Gasteiger partial charge in [-0.1, -0.05) is 11.2 Å². The molecule has 0 spiro atoms. The number of nitrogens with two attached hydrogens (primary N) is 1. The van der Waals surface area contributed by atoms with Gasteiger partial charge in [0.2, 0.25) is 0 Å². The second-order valence-corrected chi connectivity index (χ2v) is 4.83. The smallest absolute Gasteiger partial charge is 0.315 e. The quantitative estimate of drug-likeness (QED) is 0.918. The third-order valence-electron chi connectivity index (χ3n) is 3.63. The van der Waals surface area contributed by atoms with Crippen LogP contribution in [0.4, 0.5) is 0 Å². The van der Waals surface area contributed by atoms with Gasteiger partial charge in [0.05, 0.1) is 7.11 Å². The molecule has 1 unspecified atom stereocenters. The van der Waals surface area contributed by atoms with Crippen LogP contribution in [0.15, 0.2) is 22.7 Å². The van der Waals surface area contributed by atoms with Gasteiger partial charge in [0.15, 0.2) is 5.82 Å². The Kier molecular flexibility index (Phi) is 3.14. The molecule has 104 valence electrons. The fourth-order valence-electron chi connectivity index (χ4n) is 2.66. The Hall–Kier alpha value is -2.37. The lowest BCUT2D eigenvalue weighted by Crippen LogP contribution is -2.14. The van der Waals surface area contributed by atoms with E-state index < -0.39 is 5.91 Å². The first-order valence-electron chi connectivity index (χ1n) is 6.49. The van der Waals surface area contributed by atoms with Gasteiger partial charge < -0.3 is 15.0 Å². The van der Waals surface area contributed by atoms with Gasteiger partial charge >= 0.3 is 11.8 Å². The first-order valence-corrected chi connectivity index (χ1v) is 6.49. The Balaban J connectivity index is 1.98. The summed E-state index contributed by atoms with van der Waals surface area (Å²) in [7, 11) is 1.65. The van der Waals surface area contributed by atoms with Crippen LogP contribution in [0.5, 0.6) is 5.75 Å². The van der Waals surface area contributed by atoms with Gasteiger partial charge in [0.1, 0.15) is 5.75 Å². The molecule has 1 aliphatic rings. The van der Waals surface area contributed by atoms with Crippen LogP contribution in [0.25, 0.3) is 0 Å². The van der Waals surface area contributed by atoms with Gasteiger partial charge in [-0.05, 0) is 42.5 Å². The van der Waals surface area contributed by atoms with Crippen molar-refractivity contribution in [2.24, 2.45) is 5.73 Å². The lowest BCUT2D eigenvalue weighted by atomic mass is 9.82. The Morgan fingerprint density at radius 1 is 1.50 bits per heavy atom. The zero-order chi connectivity index (χ0) is 14.1. The van der Waals surface area contributed by atoms with E-state index in [-0.39, 0.29) is 11.8 Å². The van der Waals surface area contributed by atoms with Gasteiger partial charge in [-0.15, -0.1) is 0 Å². The van der Waals surface area contributed by atoms with Gasteiger partial charge in [0, 0.05) is 5.92 Å². The van der Waals surface area contributed by atoms with Crippen LogP contribution in [0.2, 0.25) is 0 Å². The third-order valence-corrected chi connectivity index (χ3v) is 3.63. The summed E-state index contributed by atoms with van der Waals surface area (Å²) in [5.74, 6) is 0.567. The number of rotatable bonds is 3. The summed E-state index contributed by atoms with van der Waals surface area (Å²) in [5, 5.41) is 3.88. The van der Waals surface area contributed by atoms with Crippen molar-refractivity contribution in [3.63, 3.8) is 0 Å². The maximum atomic E-state index is 11.0. The molecule has 1 amide bonds. The fraction of sp³-hybridized carbons (Fsp3) is 0.357. The number of nitrogens with zero attached hydrogens (tertiary/aromatic N) is 2. The highest BCUT2D eigenvalue weighted by molar-refractivity contribution is 5.87. The van der Waals surface area contributed by atoms with Crippen LogP contribution in [0.3, 0.4) is 0 Å². The first-order chi connectivity index (χ1) is 9.69. The highest BCUT2D eigenvalue weighted by Gasteiger charge is 2.27. The summed E-state index contributed by atoms with van der Waals surface area (Å²) in [6.45, 7) is 0. The number of hydrogen-bond donors (Lipinski definition) is 1. The number of amides is 1. The summed E-state index contributed by atoms with van der Waals surface area (Å²) in [6, 6.07) is 5.99. The predicted octanol–water partition coefficient (Wildman–Crippen LogP) is 1.65. The SMILES string of the molecule is COc1ccc2c(c1)CCCC2c1noc(C(N)=O)n1. The zero-order valence-electron chi connectivity index (χ0n) is 11.1. The van der Waals surface area contributed by atoms with E-state index in [0.29, 0.717) is 5.82 Å². The van der Waals surface area contributed by atoms with Crippen molar-refractivity contribution in [1.82, 2.24) is 10.1 Å². The lowest BCUT2D eigenvalue weighted by Gasteiger charge is -2.23. The number of ether oxygens (including phenoxy) is 1. The van der Waals surface area contributed by atoms with Crippen molar-refractivity contribution in [2.75, 3.05) is 7.11 Å². The molecule has 2 N–H and O–H groups in total. The average Bonchev–Trinajstić information content (AvgIpc) is 2.96. The molecular weight excluding hydrogens is 258 g/mol. The molecule has 0 aliphatic heterocycles. The second-order valence-electron chi connectivity index (χ2n) is 4.83. The van der Waals surface area contributed by atoms with Crippen molar-refractivity contribution < 1.29 is 14.1 Å². The molecule has 6 heteroatoms. The van der Waals surface area contributed by atoms with E-state index in [0.717, 1.165) is 30.6 Å². The third kappa shape index (κ3) is 2.13. The molecule has 1 aromatic heterocycles. The molecule has 0 fully saturated rings. The molecule has 6 nitrogen and oxygen atoms in total. The zero-order valence-corrected chi connectivity index (χ0v) is 11.1. The van der Waals surface area contributed by atoms with Gasteiger partial charge in [-0.3, -0.25) is 4.79 Å². The number of hydrogen-bond acceptors (Lipinski definition) is 5. The van der Waals surface area contributed by atoms with Gasteiger partial charge in [-0.2, -0.15) is 4.98 Å². The summed E-state index contributed by atoms with van der Waals surface area (Å²) in [5.41, 5.74) is 7.53. The van der Waals surface area contributed by atoms with E-state index in [2.05, 4.69) is 10.1 Å². The van der Waals surface area contributed by atoms with Crippen molar-refractivity contribution >= 4 is 5.91 Å². The summed E-state index contributed by atoms with van der Waals surface area (Å²) < 4.78 is 10.1. The maximum Gasteiger partial charge on any atom is 0.315 e. The normalized spacial score (nSPS) is 17.6. The van der Waals surface area contributed by atoms with Crippen molar-refractivity contribution in [3.05, 3.63) is 41.0 Å². The summed E-state index contributed by atoms with van der Waals surface area (Å²) in [6.07, 6.45) is 2.96. The Morgan fingerprint density at radius 2 is 2.35 bits per heavy atom. The Labute approximate surface area is 115 Å². The molecule has 1 heterocycles. The van der Waals surface area contributed by atoms with Crippen molar-refractivity contribution in [3.8, 4) is 5.75 Å². The van der Waals surface area contributed by atoms with E-state index in [9.17, 15) is 4.79 Å². The Morgan fingerprint density at radius 3 is 3.05 bits per heavy atom. The van der Waals surface area contributed by atoms with Crippen molar-refractivity contribution in [2.45, 2.75) is 25.2 Å². The monoisotopic (exact) mass is 273 g/mol. The van der Waals surface area contributed by atoms with E-state index >= 15 is 0 Å². The molecule has 3 rings (SSSR count). The fourth-order valence-corrected chi connectivity index (χ4v) is 2.66. The number of carbonyl (C=O) groups is 1. The minimum atomic E-state index is -0.700. The molecule has 1 aliphatic carbocycles. The minimum Gasteiger partial charge on any atom is -0.497 e. The standard InChI is InChI=1S/C14H15N3O3/c1-19-9-5-6-10-8(7-9)3-2-4-11(10)13-16-14(12(15)18)20-17-13/h5-7,11H,2-4H2,1H3,(H2,15,18). The van der Waals surface area contributed by atoms with Crippen LogP contribution < -0.4 is 10.5 Å². The molecule has 1 atom stereocenters. The molecule has 2 aromatic rings. The summed E-state index contributed by atoms with van der Waals surface area (Å²) >= 11 is 0. The van der Waals surface area contributed by atoms with Crippen LogP contribution in [0, 0.1) is 0 Å². The minimum absolute atomic E-state index is 0.0431. The molecule has 20 heavy (non-hydrogen) atoms. The highest BCUT2D eigenvalue weighted by atomic mass is 16.5. The molecule has 0 saturated carbocycles. The summed E-state index contributed by atoms with van der Waals surface area (Å²) in [4.78, 5) is 15.1. The van der Waals surface area contributed by atoms with Crippen LogP contribution in [-0.2, 0) is 6.42 Å². The van der Waals surface area contributed by atoms with Crippen LogP contribution in [0.1, 0.15) is 46.4 Å². The number of fused-ring (bicyclic) bond motifs is 1. The number of aryl methyl sites for hydroxylation is 1. The molecule has 1 aromatic carbocycles. The molecule has 0 bridgehead atoms. The average molecular weight is 273 g/mol. The highest BCUT2D eigenvalue weighted by Crippen LogP contribution is 2.36. The maximum absolute atomic E-state index is 11.0. The number of primary amides is 1. The molecule has 0 saturated heterocycles. The number of methoxy groups -OCH3 is 1. The van der Waals surface area contributed by atoms with Crippen LogP contribution >= 0.6 is 0 Å². The first kappa shape index (κ1) is 12.7. The largest absolute Gasteiger partial charge is 0.497 e. The Bertz CT molecular complexity index is 651. The van der Waals surface area contributed by atoms with Gasteiger partial charge in [-0.25, -0.2) is 0 Å². The van der Waals surface area contributed by atoms with E-state index in [4.69, 9.17) is 15.0 Å². The number of carbonyl (C=O) groups excluding carboxylic acids is 1.